The van der Waals surface area contributed by atoms with Crippen LogP contribution in [0.3, 0.4) is 0 Å². The molecule has 0 unspecified atom stereocenters. The monoisotopic (exact) mass is 475 g/mol. The molecule has 144 valence electrons. The Morgan fingerprint density at radius 3 is 2.44 bits per heavy atom. The Morgan fingerprint density at radius 1 is 1.19 bits per heavy atom. The number of thiophene rings is 1. The molecule has 10 heteroatoms. The van der Waals surface area contributed by atoms with Gasteiger partial charge < -0.3 is 19.5 Å². The van der Waals surface area contributed by atoms with Crippen molar-refractivity contribution < 1.29 is 28.6 Å². The summed E-state index contributed by atoms with van der Waals surface area (Å²) < 4.78 is 15.6. The van der Waals surface area contributed by atoms with E-state index >= 15 is 0 Å². The minimum atomic E-state index is -0.675. The number of halogens is 2. The van der Waals surface area contributed by atoms with Crippen LogP contribution in [0.15, 0.2) is 22.7 Å². The second kappa shape index (κ2) is 9.20. The first-order chi connectivity index (χ1) is 12.8. The molecule has 0 aliphatic heterocycles. The zero-order valence-electron chi connectivity index (χ0n) is 14.6. The third-order valence-electron chi connectivity index (χ3n) is 3.41. The molecule has 0 aliphatic carbocycles. The highest BCUT2D eigenvalue weighted by Gasteiger charge is 2.26. The van der Waals surface area contributed by atoms with Crippen molar-refractivity contribution in [1.82, 2.24) is 0 Å². The van der Waals surface area contributed by atoms with Crippen molar-refractivity contribution in [2.24, 2.45) is 0 Å². The summed E-state index contributed by atoms with van der Waals surface area (Å²) in [5.41, 5.74) is 0.462. The number of anilines is 1. The molecule has 7 nitrogen and oxygen atoms in total. The predicted octanol–water partition coefficient (Wildman–Crippen LogP) is 4.06. The third kappa shape index (κ3) is 5.00. The third-order valence-corrected chi connectivity index (χ3v) is 5.39. The van der Waals surface area contributed by atoms with Gasteiger partial charge in [0.2, 0.25) is 0 Å². The number of carbonyl (C=O) groups excluding carboxylic acids is 3. The van der Waals surface area contributed by atoms with Crippen molar-refractivity contribution in [3.05, 3.63) is 43.7 Å². The lowest BCUT2D eigenvalue weighted by molar-refractivity contribution is -0.118. The van der Waals surface area contributed by atoms with E-state index in [0.717, 1.165) is 15.8 Å². The summed E-state index contributed by atoms with van der Waals surface area (Å²) in [7, 11) is 2.44. The topological polar surface area (TPSA) is 90.9 Å². The molecule has 2 aromatic rings. The van der Waals surface area contributed by atoms with Gasteiger partial charge in [-0.05, 0) is 30.7 Å². The maximum absolute atomic E-state index is 12.2. The van der Waals surface area contributed by atoms with Crippen LogP contribution in [0.4, 0.5) is 5.00 Å². The summed E-state index contributed by atoms with van der Waals surface area (Å²) in [6, 6.07) is 4.97. The maximum Gasteiger partial charge on any atom is 0.348 e. The fraction of sp³-hybridized carbons (Fsp3) is 0.235. The molecule has 0 aliphatic rings. The first-order valence-corrected chi connectivity index (χ1v) is 9.45. The minimum absolute atomic E-state index is 0.0953. The van der Waals surface area contributed by atoms with Gasteiger partial charge in [-0.25, -0.2) is 9.59 Å². The van der Waals surface area contributed by atoms with Gasteiger partial charge >= 0.3 is 11.9 Å². The van der Waals surface area contributed by atoms with E-state index in [1.807, 2.05) is 0 Å². The Balaban J connectivity index is 2.18. The molecule has 1 amide bonds. The number of benzene rings is 1. The Kier molecular flexibility index (Phi) is 7.23. The van der Waals surface area contributed by atoms with Crippen molar-refractivity contribution in [2.45, 2.75) is 6.92 Å². The molecule has 0 radical (unpaired) electrons. The Bertz CT molecular complexity index is 898. The standard InChI is InChI=1S/C17H15BrClNO6S/c1-8-13(16(22)24-2)15(27-14(8)17(23)25-3)20-12(21)7-26-11-5-4-9(18)6-10(11)19/h4-6H,7H2,1-3H3,(H,20,21). The molecule has 2 rings (SSSR count). The van der Waals surface area contributed by atoms with E-state index in [4.69, 9.17) is 25.8 Å². The average Bonchev–Trinajstić information content (AvgIpc) is 2.95. The molecule has 1 heterocycles. The second-order valence-corrected chi connectivity index (χ2v) is 7.50. The molecule has 0 fully saturated rings. The van der Waals surface area contributed by atoms with Crippen LogP contribution >= 0.6 is 38.9 Å². The van der Waals surface area contributed by atoms with Crippen LogP contribution in [0.5, 0.6) is 5.75 Å². The SMILES string of the molecule is COC(=O)c1sc(NC(=O)COc2ccc(Br)cc2Cl)c(C(=O)OC)c1C. The Morgan fingerprint density at radius 2 is 1.85 bits per heavy atom. The quantitative estimate of drug-likeness (QED) is 0.632. The summed E-state index contributed by atoms with van der Waals surface area (Å²) in [5.74, 6) is -1.48. The molecule has 0 saturated heterocycles. The summed E-state index contributed by atoms with van der Waals surface area (Å²) >= 11 is 10.2. The Hall–Kier alpha value is -2.10. The van der Waals surface area contributed by atoms with Gasteiger partial charge in [-0.1, -0.05) is 27.5 Å². The maximum atomic E-state index is 12.2. The zero-order valence-corrected chi connectivity index (χ0v) is 17.7. The van der Waals surface area contributed by atoms with Crippen molar-refractivity contribution >= 4 is 61.7 Å². The lowest BCUT2D eigenvalue weighted by Gasteiger charge is -2.09. The van der Waals surface area contributed by atoms with Gasteiger partial charge in [-0.15, -0.1) is 11.3 Å². The summed E-state index contributed by atoms with van der Waals surface area (Å²) in [6.07, 6.45) is 0. The molecule has 0 bridgehead atoms. The molecule has 1 aromatic heterocycles. The van der Waals surface area contributed by atoms with Crippen molar-refractivity contribution in [3.8, 4) is 5.75 Å². The second-order valence-electron chi connectivity index (χ2n) is 5.16. The number of ether oxygens (including phenoxy) is 3. The van der Waals surface area contributed by atoms with Crippen LogP contribution in [0.25, 0.3) is 0 Å². The fourth-order valence-corrected chi connectivity index (χ4v) is 3.99. The molecule has 0 atom stereocenters. The molecular formula is C17H15BrClNO6S. The van der Waals surface area contributed by atoms with Gasteiger partial charge in [-0.3, -0.25) is 4.79 Å². The molecule has 1 aromatic carbocycles. The van der Waals surface area contributed by atoms with E-state index in [9.17, 15) is 14.4 Å². The lowest BCUT2D eigenvalue weighted by atomic mass is 10.1. The summed E-state index contributed by atoms with van der Waals surface area (Å²) in [5, 5.41) is 3.08. The highest BCUT2D eigenvalue weighted by molar-refractivity contribution is 9.10. The van der Waals surface area contributed by atoms with Crippen molar-refractivity contribution in [1.29, 1.82) is 0 Å². The minimum Gasteiger partial charge on any atom is -0.482 e. The smallest absolute Gasteiger partial charge is 0.348 e. The zero-order chi connectivity index (χ0) is 20.1. The van der Waals surface area contributed by atoms with Crippen molar-refractivity contribution in [2.75, 3.05) is 26.1 Å². The predicted molar refractivity (Wildman–Crippen MR) is 105 cm³/mol. The summed E-state index contributed by atoms with van der Waals surface area (Å²) in [4.78, 5) is 36.3. The number of hydrogen-bond donors (Lipinski definition) is 1. The number of esters is 2. The van der Waals surface area contributed by atoms with Crippen LogP contribution in [0.2, 0.25) is 5.02 Å². The summed E-state index contributed by atoms with van der Waals surface area (Å²) in [6.45, 7) is 1.23. The van der Waals surface area contributed by atoms with Gasteiger partial charge in [0, 0.05) is 4.47 Å². The molecule has 0 spiro atoms. The van der Waals surface area contributed by atoms with Gasteiger partial charge in [0.25, 0.3) is 5.91 Å². The molecular weight excluding hydrogens is 462 g/mol. The van der Waals surface area contributed by atoms with Gasteiger partial charge in [-0.2, -0.15) is 0 Å². The van der Waals surface area contributed by atoms with Crippen LogP contribution in [0, 0.1) is 6.92 Å². The van der Waals surface area contributed by atoms with Crippen LogP contribution in [-0.2, 0) is 14.3 Å². The first-order valence-electron chi connectivity index (χ1n) is 7.46. The van der Waals surface area contributed by atoms with E-state index < -0.39 is 17.8 Å². The van der Waals surface area contributed by atoms with Gasteiger partial charge in [0.05, 0.1) is 24.8 Å². The fourth-order valence-electron chi connectivity index (χ4n) is 2.14. The average molecular weight is 477 g/mol. The van der Waals surface area contributed by atoms with Gasteiger partial charge in [0.15, 0.2) is 6.61 Å². The Labute approximate surface area is 172 Å². The highest BCUT2D eigenvalue weighted by atomic mass is 79.9. The number of nitrogens with one attached hydrogen (secondary N) is 1. The van der Waals surface area contributed by atoms with Crippen LogP contribution < -0.4 is 10.1 Å². The van der Waals surface area contributed by atoms with Crippen LogP contribution in [0.1, 0.15) is 25.6 Å². The molecule has 0 saturated carbocycles. The van der Waals surface area contributed by atoms with E-state index in [2.05, 4.69) is 21.2 Å². The number of rotatable bonds is 6. The highest BCUT2D eigenvalue weighted by Crippen LogP contribution is 2.34. The molecule has 1 N–H and O–H groups in total. The number of carbonyl (C=O) groups is 3. The normalized spacial score (nSPS) is 10.3. The number of methoxy groups -OCH3 is 2. The number of hydrogen-bond acceptors (Lipinski definition) is 7. The van der Waals surface area contributed by atoms with E-state index in [-0.39, 0.29) is 22.0 Å². The van der Waals surface area contributed by atoms with Crippen molar-refractivity contribution in [3.63, 3.8) is 0 Å². The van der Waals surface area contributed by atoms with E-state index in [1.165, 1.54) is 14.2 Å². The van der Waals surface area contributed by atoms with E-state index in [0.29, 0.717) is 16.3 Å². The largest absolute Gasteiger partial charge is 0.482 e. The van der Waals surface area contributed by atoms with E-state index in [1.54, 1.807) is 25.1 Å². The van der Waals surface area contributed by atoms with Crippen LogP contribution in [-0.4, -0.2) is 38.7 Å². The lowest BCUT2D eigenvalue weighted by Crippen LogP contribution is -2.21. The molecule has 27 heavy (non-hydrogen) atoms. The first kappa shape index (κ1) is 21.2. The number of amides is 1. The van der Waals surface area contributed by atoms with Gasteiger partial charge in [0.1, 0.15) is 15.6 Å².